The molecule has 0 aromatic heterocycles. The van der Waals surface area contributed by atoms with Gasteiger partial charge in [0.1, 0.15) is 5.75 Å². The molecule has 0 bridgehead atoms. The number of carbonyl (C=O) groups is 2. The number of carbonyl (C=O) groups excluding carboxylic acids is 1. The summed E-state index contributed by atoms with van der Waals surface area (Å²) >= 11 is 3.34. The number of nitrogens with one attached hydrogen (secondary N) is 1. The highest BCUT2D eigenvalue weighted by Gasteiger charge is 2.36. The molecule has 0 aliphatic carbocycles. The van der Waals surface area contributed by atoms with E-state index in [-0.39, 0.29) is 18.9 Å². The maximum absolute atomic E-state index is 12.1. The van der Waals surface area contributed by atoms with Gasteiger partial charge in [0.25, 0.3) is 5.91 Å². The van der Waals surface area contributed by atoms with Gasteiger partial charge in [0.15, 0.2) is 6.61 Å². The van der Waals surface area contributed by atoms with Crippen molar-refractivity contribution in [1.29, 1.82) is 0 Å². The molecule has 1 amide bonds. The van der Waals surface area contributed by atoms with Crippen LogP contribution >= 0.6 is 15.9 Å². The molecule has 1 saturated heterocycles. The second-order valence-electron chi connectivity index (χ2n) is 5.23. The van der Waals surface area contributed by atoms with Gasteiger partial charge in [-0.05, 0) is 40.9 Å². The summed E-state index contributed by atoms with van der Waals surface area (Å²) in [5.74, 6) is -0.704. The lowest BCUT2D eigenvalue weighted by Gasteiger charge is -2.36. The molecule has 1 aromatic rings. The van der Waals surface area contributed by atoms with E-state index in [1.807, 2.05) is 18.2 Å². The number of ether oxygens (including phenoxy) is 2. The smallest absolute Gasteiger partial charge is 0.305 e. The van der Waals surface area contributed by atoms with Crippen molar-refractivity contribution >= 4 is 27.8 Å². The molecule has 2 rings (SSSR count). The summed E-state index contributed by atoms with van der Waals surface area (Å²) in [5.41, 5.74) is -0.752. The Balaban J connectivity index is 1.93. The van der Waals surface area contributed by atoms with Crippen LogP contribution in [0.2, 0.25) is 0 Å². The van der Waals surface area contributed by atoms with Crippen molar-refractivity contribution in [2.24, 2.45) is 0 Å². The summed E-state index contributed by atoms with van der Waals surface area (Å²) in [7, 11) is 0. The lowest BCUT2D eigenvalue weighted by molar-refractivity contribution is -0.140. The molecule has 22 heavy (non-hydrogen) atoms. The maximum atomic E-state index is 12.1. The lowest BCUT2D eigenvalue weighted by atomic mass is 9.86. The van der Waals surface area contributed by atoms with E-state index < -0.39 is 11.5 Å². The highest BCUT2D eigenvalue weighted by molar-refractivity contribution is 9.10. The number of amides is 1. The normalized spacial score (nSPS) is 16.8. The van der Waals surface area contributed by atoms with Crippen LogP contribution in [-0.4, -0.2) is 42.3 Å². The number of hydrogen-bond acceptors (Lipinski definition) is 4. The Hall–Kier alpha value is -1.60. The molecule has 120 valence electrons. The van der Waals surface area contributed by atoms with E-state index in [0.29, 0.717) is 31.8 Å². The van der Waals surface area contributed by atoms with Crippen LogP contribution in [0.1, 0.15) is 19.3 Å². The van der Waals surface area contributed by atoms with Gasteiger partial charge < -0.3 is 19.9 Å². The highest BCUT2D eigenvalue weighted by atomic mass is 79.9. The number of carboxylic acid groups (broad SMARTS) is 1. The van der Waals surface area contributed by atoms with Crippen LogP contribution in [0, 0.1) is 0 Å². The predicted molar refractivity (Wildman–Crippen MR) is 82.8 cm³/mol. The zero-order chi connectivity index (χ0) is 16.0. The summed E-state index contributed by atoms with van der Waals surface area (Å²) in [6, 6.07) is 7.22. The zero-order valence-corrected chi connectivity index (χ0v) is 13.6. The van der Waals surface area contributed by atoms with Gasteiger partial charge in [0, 0.05) is 13.2 Å². The van der Waals surface area contributed by atoms with Crippen LogP contribution in [-0.2, 0) is 14.3 Å². The van der Waals surface area contributed by atoms with Crippen molar-refractivity contribution in [2.45, 2.75) is 24.8 Å². The minimum atomic E-state index is -0.936. The molecule has 1 fully saturated rings. The fraction of sp³-hybridized carbons (Fsp3) is 0.467. The third-order valence-corrected chi connectivity index (χ3v) is 4.19. The van der Waals surface area contributed by atoms with E-state index in [2.05, 4.69) is 21.2 Å². The first-order valence-corrected chi connectivity index (χ1v) is 7.78. The Kier molecular flexibility index (Phi) is 5.79. The molecule has 1 heterocycles. The van der Waals surface area contributed by atoms with Crippen molar-refractivity contribution in [2.75, 3.05) is 19.8 Å². The van der Waals surface area contributed by atoms with Crippen LogP contribution < -0.4 is 10.1 Å². The second kappa shape index (κ2) is 7.60. The summed E-state index contributed by atoms with van der Waals surface area (Å²) in [5, 5.41) is 11.9. The molecule has 0 unspecified atom stereocenters. The van der Waals surface area contributed by atoms with Crippen LogP contribution in [0.4, 0.5) is 0 Å². The minimum Gasteiger partial charge on any atom is -0.483 e. The van der Waals surface area contributed by atoms with Crippen molar-refractivity contribution in [3.63, 3.8) is 0 Å². The molecule has 0 saturated carbocycles. The van der Waals surface area contributed by atoms with E-state index in [9.17, 15) is 9.59 Å². The van der Waals surface area contributed by atoms with Gasteiger partial charge >= 0.3 is 5.97 Å². The highest BCUT2D eigenvalue weighted by Crippen LogP contribution is 2.26. The van der Waals surface area contributed by atoms with Gasteiger partial charge in [-0.2, -0.15) is 0 Å². The molecule has 2 N–H and O–H groups in total. The molecule has 0 radical (unpaired) electrons. The van der Waals surface area contributed by atoms with Crippen molar-refractivity contribution in [1.82, 2.24) is 5.32 Å². The summed E-state index contributed by atoms with van der Waals surface area (Å²) in [6.07, 6.45) is 0.858. The first kappa shape index (κ1) is 16.8. The van der Waals surface area contributed by atoms with Gasteiger partial charge in [-0.15, -0.1) is 0 Å². The number of para-hydroxylation sites is 1. The van der Waals surface area contributed by atoms with Gasteiger partial charge in [-0.3, -0.25) is 9.59 Å². The van der Waals surface area contributed by atoms with Gasteiger partial charge in [-0.25, -0.2) is 0 Å². The number of benzene rings is 1. The van der Waals surface area contributed by atoms with Crippen molar-refractivity contribution in [3.8, 4) is 5.75 Å². The summed E-state index contributed by atoms with van der Waals surface area (Å²) in [4.78, 5) is 23.1. The van der Waals surface area contributed by atoms with Crippen LogP contribution in [0.25, 0.3) is 0 Å². The number of hydrogen-bond donors (Lipinski definition) is 2. The van der Waals surface area contributed by atoms with E-state index >= 15 is 0 Å². The molecule has 1 aromatic carbocycles. The quantitative estimate of drug-likeness (QED) is 0.798. The molecule has 7 heteroatoms. The zero-order valence-electron chi connectivity index (χ0n) is 12.0. The van der Waals surface area contributed by atoms with E-state index in [0.717, 1.165) is 4.47 Å². The van der Waals surface area contributed by atoms with Gasteiger partial charge in [0.2, 0.25) is 0 Å². The Labute approximate surface area is 136 Å². The number of carboxylic acids is 1. The van der Waals surface area contributed by atoms with Crippen LogP contribution in [0.5, 0.6) is 5.75 Å². The van der Waals surface area contributed by atoms with E-state index in [1.54, 1.807) is 6.07 Å². The Morgan fingerprint density at radius 3 is 2.64 bits per heavy atom. The van der Waals surface area contributed by atoms with Crippen LogP contribution in [0.3, 0.4) is 0 Å². The Bertz CT molecular complexity index is 542. The first-order valence-electron chi connectivity index (χ1n) is 6.99. The van der Waals surface area contributed by atoms with Gasteiger partial charge in [-0.1, -0.05) is 12.1 Å². The topological polar surface area (TPSA) is 84.9 Å². The van der Waals surface area contributed by atoms with Gasteiger partial charge in [0.05, 0.1) is 16.4 Å². The number of rotatable bonds is 6. The molecule has 0 spiro atoms. The Morgan fingerprint density at radius 2 is 2.00 bits per heavy atom. The average Bonchev–Trinajstić information content (AvgIpc) is 2.46. The molecule has 0 atom stereocenters. The maximum Gasteiger partial charge on any atom is 0.305 e. The van der Waals surface area contributed by atoms with E-state index in [1.165, 1.54) is 0 Å². The molecule has 1 aliphatic rings. The monoisotopic (exact) mass is 371 g/mol. The molecular weight excluding hydrogens is 354 g/mol. The van der Waals surface area contributed by atoms with E-state index in [4.69, 9.17) is 14.6 Å². The summed E-state index contributed by atoms with van der Waals surface area (Å²) in [6.45, 7) is 0.724. The third-order valence-electron chi connectivity index (χ3n) is 3.54. The number of aliphatic carboxylic acids is 1. The minimum absolute atomic E-state index is 0.114. The fourth-order valence-electron chi connectivity index (χ4n) is 2.43. The predicted octanol–water partition coefficient (Wildman–Crippen LogP) is 1.97. The standard InChI is InChI=1S/C15H18BrNO5/c16-11-3-1-2-4-12(11)22-10-13(18)17-15(9-14(19)20)5-7-21-8-6-15/h1-4H,5-10H2,(H,17,18)(H,19,20). The average molecular weight is 372 g/mol. The lowest BCUT2D eigenvalue weighted by Crippen LogP contribution is -2.54. The first-order chi connectivity index (χ1) is 10.5. The number of halogens is 1. The molecular formula is C15H18BrNO5. The Morgan fingerprint density at radius 1 is 1.32 bits per heavy atom. The fourth-order valence-corrected chi connectivity index (χ4v) is 2.83. The van der Waals surface area contributed by atoms with Crippen molar-refractivity contribution < 1.29 is 24.2 Å². The molecule has 6 nitrogen and oxygen atoms in total. The second-order valence-corrected chi connectivity index (χ2v) is 6.08. The van der Waals surface area contributed by atoms with Crippen molar-refractivity contribution in [3.05, 3.63) is 28.7 Å². The summed E-state index contributed by atoms with van der Waals surface area (Å²) < 4.78 is 11.5. The largest absolute Gasteiger partial charge is 0.483 e. The molecule has 1 aliphatic heterocycles. The third kappa shape index (κ3) is 4.71. The van der Waals surface area contributed by atoms with Crippen LogP contribution in [0.15, 0.2) is 28.7 Å². The SMILES string of the molecule is O=C(O)CC1(NC(=O)COc2ccccc2Br)CCOCC1.